The Hall–Kier alpha value is -3.72. The summed E-state index contributed by atoms with van der Waals surface area (Å²) >= 11 is 0. The Morgan fingerprint density at radius 1 is 0.800 bits per heavy atom. The van der Waals surface area contributed by atoms with Crippen LogP contribution in [-0.2, 0) is 0 Å². The summed E-state index contributed by atoms with van der Waals surface area (Å²) < 4.78 is 0. The van der Waals surface area contributed by atoms with Crippen molar-refractivity contribution in [3.63, 3.8) is 0 Å². The molecule has 0 saturated heterocycles. The molecule has 0 saturated carbocycles. The molecular weight excluding hydrogens is 366 g/mol. The highest BCUT2D eigenvalue weighted by Crippen LogP contribution is 2.49. The topological polar surface area (TPSA) is 29.0 Å². The second-order valence-corrected chi connectivity index (χ2v) is 7.43. The molecule has 0 bridgehead atoms. The smallest absolute Gasteiger partial charge is 0.137 e. The Morgan fingerprint density at radius 2 is 1.57 bits per heavy atom. The minimum absolute atomic E-state index is 0.892. The van der Waals surface area contributed by atoms with Crippen molar-refractivity contribution in [2.75, 3.05) is 4.90 Å². The fourth-order valence-corrected chi connectivity index (χ4v) is 4.39. The van der Waals surface area contributed by atoms with E-state index in [0.29, 0.717) is 0 Å². The standard InChI is InChI=1S/C27H23N3/c1-3-8-23-21-9-4-5-10-22(21)24-12-13-25(19(2)27(23)24)30(20-14-17-28-18-15-20)26-11-6-7-16-29-26/h4-18H,3H2,1-2H3/b23-8-. The molecule has 0 fully saturated rings. The zero-order valence-electron chi connectivity index (χ0n) is 17.2. The normalized spacial score (nSPS) is 13.2. The largest absolute Gasteiger partial charge is 0.295 e. The lowest BCUT2D eigenvalue weighted by Gasteiger charge is -2.27. The molecule has 5 rings (SSSR count). The number of fused-ring (bicyclic) bond motifs is 3. The summed E-state index contributed by atoms with van der Waals surface area (Å²) in [5.74, 6) is 0.892. The van der Waals surface area contributed by atoms with Crippen molar-refractivity contribution < 1.29 is 0 Å². The molecule has 1 aliphatic carbocycles. The van der Waals surface area contributed by atoms with Crippen molar-refractivity contribution in [2.24, 2.45) is 0 Å². The van der Waals surface area contributed by atoms with E-state index in [9.17, 15) is 0 Å². The van der Waals surface area contributed by atoms with E-state index in [1.165, 1.54) is 33.4 Å². The van der Waals surface area contributed by atoms with Crippen molar-refractivity contribution in [2.45, 2.75) is 20.3 Å². The van der Waals surface area contributed by atoms with E-state index >= 15 is 0 Å². The summed E-state index contributed by atoms with van der Waals surface area (Å²) in [6.07, 6.45) is 8.84. The zero-order chi connectivity index (χ0) is 20.5. The molecule has 2 aromatic heterocycles. The lowest BCUT2D eigenvalue weighted by atomic mass is 9.96. The van der Waals surface area contributed by atoms with Crippen LogP contribution in [0.25, 0.3) is 16.7 Å². The molecule has 3 nitrogen and oxygen atoms in total. The molecule has 2 aromatic carbocycles. The highest BCUT2D eigenvalue weighted by atomic mass is 15.2. The Balaban J connectivity index is 1.75. The van der Waals surface area contributed by atoms with Crippen LogP contribution in [0, 0.1) is 6.92 Å². The fourth-order valence-electron chi connectivity index (χ4n) is 4.39. The van der Waals surface area contributed by atoms with Crippen LogP contribution in [0.5, 0.6) is 0 Å². The van der Waals surface area contributed by atoms with Crippen LogP contribution in [0.2, 0.25) is 0 Å². The van der Waals surface area contributed by atoms with Crippen molar-refractivity contribution in [3.8, 4) is 11.1 Å². The summed E-state index contributed by atoms with van der Waals surface area (Å²) in [4.78, 5) is 11.1. The number of nitrogens with zero attached hydrogens (tertiary/aromatic N) is 3. The first-order valence-electron chi connectivity index (χ1n) is 10.3. The van der Waals surface area contributed by atoms with Gasteiger partial charge in [-0.3, -0.25) is 9.88 Å². The molecule has 0 spiro atoms. The summed E-state index contributed by atoms with van der Waals surface area (Å²) in [6, 6.07) is 23.2. The van der Waals surface area contributed by atoms with Crippen LogP contribution < -0.4 is 4.90 Å². The van der Waals surface area contributed by atoms with Gasteiger partial charge in [0, 0.05) is 18.6 Å². The SMILES string of the molecule is CC/C=C1/c2ccccc2-c2ccc(N(c3ccncc3)c3ccccn3)c(C)c21. The van der Waals surface area contributed by atoms with E-state index in [-0.39, 0.29) is 0 Å². The number of rotatable bonds is 4. The number of hydrogen-bond acceptors (Lipinski definition) is 3. The third kappa shape index (κ3) is 2.91. The van der Waals surface area contributed by atoms with E-state index in [4.69, 9.17) is 0 Å². The second kappa shape index (κ2) is 7.60. The highest BCUT2D eigenvalue weighted by molar-refractivity contribution is 6.04. The molecule has 0 unspecified atom stereocenters. The van der Waals surface area contributed by atoms with Crippen LogP contribution >= 0.6 is 0 Å². The minimum Gasteiger partial charge on any atom is -0.295 e. The molecule has 1 aliphatic rings. The highest BCUT2D eigenvalue weighted by Gasteiger charge is 2.27. The Bertz CT molecular complexity index is 1190. The number of aromatic nitrogens is 2. The van der Waals surface area contributed by atoms with Crippen LogP contribution in [0.3, 0.4) is 0 Å². The van der Waals surface area contributed by atoms with Crippen LogP contribution in [0.1, 0.15) is 30.0 Å². The Kier molecular flexibility index (Phi) is 4.64. The quantitative estimate of drug-likeness (QED) is 0.329. The van der Waals surface area contributed by atoms with Gasteiger partial charge in [0.2, 0.25) is 0 Å². The van der Waals surface area contributed by atoms with Gasteiger partial charge in [-0.2, -0.15) is 0 Å². The van der Waals surface area contributed by atoms with E-state index in [1.807, 2.05) is 48.9 Å². The van der Waals surface area contributed by atoms with Gasteiger partial charge in [-0.25, -0.2) is 4.98 Å². The third-order valence-corrected chi connectivity index (χ3v) is 5.66. The molecule has 146 valence electrons. The summed E-state index contributed by atoms with van der Waals surface area (Å²) in [5, 5.41) is 0. The third-order valence-electron chi connectivity index (χ3n) is 5.66. The predicted molar refractivity (Wildman–Crippen MR) is 124 cm³/mol. The number of hydrogen-bond donors (Lipinski definition) is 0. The average molecular weight is 390 g/mol. The molecule has 2 heterocycles. The van der Waals surface area contributed by atoms with Gasteiger partial charge in [0.05, 0.1) is 11.4 Å². The maximum Gasteiger partial charge on any atom is 0.137 e. The maximum absolute atomic E-state index is 4.65. The van der Waals surface area contributed by atoms with Gasteiger partial charge < -0.3 is 0 Å². The first kappa shape index (κ1) is 18.3. The van der Waals surface area contributed by atoms with E-state index < -0.39 is 0 Å². The molecule has 0 radical (unpaired) electrons. The molecule has 0 atom stereocenters. The van der Waals surface area contributed by atoms with Crippen LogP contribution in [0.4, 0.5) is 17.2 Å². The van der Waals surface area contributed by atoms with Crippen LogP contribution in [-0.4, -0.2) is 9.97 Å². The monoisotopic (exact) mass is 389 g/mol. The van der Waals surface area contributed by atoms with Gasteiger partial charge in [-0.1, -0.05) is 49.4 Å². The van der Waals surface area contributed by atoms with Gasteiger partial charge in [0.25, 0.3) is 0 Å². The molecule has 4 aromatic rings. The van der Waals surface area contributed by atoms with Crippen molar-refractivity contribution in [1.29, 1.82) is 0 Å². The average Bonchev–Trinajstić information content (AvgIpc) is 3.12. The molecule has 30 heavy (non-hydrogen) atoms. The van der Waals surface area contributed by atoms with Gasteiger partial charge in [-0.05, 0) is 77.1 Å². The van der Waals surface area contributed by atoms with E-state index in [1.54, 1.807) is 0 Å². The van der Waals surface area contributed by atoms with Gasteiger partial charge >= 0.3 is 0 Å². The van der Waals surface area contributed by atoms with Gasteiger partial charge in [-0.15, -0.1) is 0 Å². The lowest BCUT2D eigenvalue weighted by molar-refractivity contribution is 1.15. The Labute approximate surface area is 177 Å². The maximum atomic E-state index is 4.65. The summed E-state index contributed by atoms with van der Waals surface area (Å²) in [7, 11) is 0. The predicted octanol–water partition coefficient (Wildman–Crippen LogP) is 7.08. The van der Waals surface area contributed by atoms with Crippen molar-refractivity contribution in [1.82, 2.24) is 9.97 Å². The minimum atomic E-state index is 0.892. The number of anilines is 3. The molecule has 0 N–H and O–H groups in total. The first-order chi connectivity index (χ1) is 14.8. The zero-order valence-corrected chi connectivity index (χ0v) is 17.2. The van der Waals surface area contributed by atoms with Gasteiger partial charge in [0.15, 0.2) is 0 Å². The number of allylic oxidation sites excluding steroid dienone is 1. The summed E-state index contributed by atoms with van der Waals surface area (Å²) in [5.41, 5.74) is 10.0. The second-order valence-electron chi connectivity index (χ2n) is 7.43. The molecule has 0 amide bonds. The Morgan fingerprint density at radius 3 is 2.30 bits per heavy atom. The van der Waals surface area contributed by atoms with Crippen molar-refractivity contribution >= 4 is 22.8 Å². The number of benzene rings is 2. The fraction of sp³-hybridized carbons (Fsp3) is 0.111. The van der Waals surface area contributed by atoms with E-state index in [0.717, 1.165) is 23.6 Å². The lowest BCUT2D eigenvalue weighted by Crippen LogP contribution is -2.13. The van der Waals surface area contributed by atoms with Gasteiger partial charge in [0.1, 0.15) is 5.82 Å². The molecule has 0 aliphatic heterocycles. The van der Waals surface area contributed by atoms with Crippen LogP contribution in [0.15, 0.2) is 91.4 Å². The molecular formula is C27H23N3. The molecule has 3 heteroatoms. The van der Waals surface area contributed by atoms with E-state index in [2.05, 4.69) is 71.2 Å². The summed E-state index contributed by atoms with van der Waals surface area (Å²) in [6.45, 7) is 4.42. The number of pyridine rings is 2. The van der Waals surface area contributed by atoms with Crippen molar-refractivity contribution in [3.05, 3.63) is 108 Å². The first-order valence-corrected chi connectivity index (χ1v) is 10.3.